The van der Waals surface area contributed by atoms with E-state index in [0.717, 1.165) is 30.8 Å². The standard InChI is InChI=1S/C34H36N2O4/c1-23-5-11-26(12-6-23)27-15-17-35(18-16-27)20-24-7-9-25(10-8-24)22-40-33-4-2-3-29-30(33)21-36(34(29)39)31-14-13-28(37)19-32(31)38/h2-12,27,31H,13-22H2,1H3. The summed E-state index contributed by atoms with van der Waals surface area (Å²) in [5.74, 6) is 0.984. The fourth-order valence-corrected chi connectivity index (χ4v) is 6.33. The number of carbonyl (C=O) groups is 3. The zero-order chi connectivity index (χ0) is 27.6. The number of Topliss-reactive ketones (excluding diaryl/α,β-unsaturated/α-hetero) is 2. The first-order valence-electron chi connectivity index (χ1n) is 14.4. The molecule has 1 saturated carbocycles. The third-order valence-corrected chi connectivity index (χ3v) is 8.73. The predicted molar refractivity (Wildman–Crippen MR) is 153 cm³/mol. The number of rotatable bonds is 7. The summed E-state index contributed by atoms with van der Waals surface area (Å²) in [4.78, 5) is 41.4. The minimum absolute atomic E-state index is 0.0388. The molecular formula is C34H36N2O4. The van der Waals surface area contributed by atoms with Crippen molar-refractivity contribution in [3.05, 3.63) is 100 Å². The first kappa shape index (κ1) is 26.5. The van der Waals surface area contributed by atoms with Crippen molar-refractivity contribution < 1.29 is 19.1 Å². The van der Waals surface area contributed by atoms with E-state index < -0.39 is 6.04 Å². The van der Waals surface area contributed by atoms with Crippen molar-refractivity contribution in [3.8, 4) is 5.75 Å². The van der Waals surface area contributed by atoms with Crippen LogP contribution in [-0.4, -0.2) is 46.4 Å². The highest BCUT2D eigenvalue weighted by atomic mass is 16.5. The van der Waals surface area contributed by atoms with Crippen LogP contribution in [0.25, 0.3) is 0 Å². The highest BCUT2D eigenvalue weighted by Crippen LogP contribution is 2.35. The molecule has 3 aliphatic rings. The molecule has 2 aliphatic heterocycles. The van der Waals surface area contributed by atoms with Crippen molar-refractivity contribution in [1.29, 1.82) is 0 Å². The van der Waals surface area contributed by atoms with Gasteiger partial charge in [0.05, 0.1) is 19.0 Å². The maximum Gasteiger partial charge on any atom is 0.255 e. The molecule has 6 heteroatoms. The maximum atomic E-state index is 13.1. The van der Waals surface area contributed by atoms with Crippen LogP contribution in [0, 0.1) is 6.92 Å². The smallest absolute Gasteiger partial charge is 0.255 e. The Morgan fingerprint density at radius 1 is 0.850 bits per heavy atom. The summed E-state index contributed by atoms with van der Waals surface area (Å²) in [6.45, 7) is 6.07. The molecule has 1 saturated heterocycles. The summed E-state index contributed by atoms with van der Waals surface area (Å²) in [5, 5.41) is 0. The van der Waals surface area contributed by atoms with Gasteiger partial charge in [0.1, 0.15) is 18.1 Å². The van der Waals surface area contributed by atoms with Crippen molar-refractivity contribution in [2.75, 3.05) is 13.1 Å². The van der Waals surface area contributed by atoms with E-state index in [-0.39, 0.29) is 23.9 Å². The Kier molecular flexibility index (Phi) is 7.53. The minimum atomic E-state index is -0.522. The maximum absolute atomic E-state index is 13.1. The Balaban J connectivity index is 1.03. The lowest BCUT2D eigenvalue weighted by Gasteiger charge is -2.32. The van der Waals surface area contributed by atoms with Gasteiger partial charge in [0.25, 0.3) is 5.91 Å². The predicted octanol–water partition coefficient (Wildman–Crippen LogP) is 5.60. The molecule has 1 aliphatic carbocycles. The van der Waals surface area contributed by atoms with E-state index >= 15 is 0 Å². The second-order valence-electron chi connectivity index (χ2n) is 11.5. The lowest BCUT2D eigenvalue weighted by atomic mass is 9.89. The monoisotopic (exact) mass is 536 g/mol. The summed E-state index contributed by atoms with van der Waals surface area (Å²) < 4.78 is 6.19. The van der Waals surface area contributed by atoms with Crippen LogP contribution in [0.15, 0.2) is 66.7 Å². The van der Waals surface area contributed by atoms with Gasteiger partial charge in [-0.3, -0.25) is 19.3 Å². The lowest BCUT2D eigenvalue weighted by Crippen LogP contribution is -2.44. The molecular weight excluding hydrogens is 500 g/mol. The number of ketones is 2. The molecule has 0 spiro atoms. The summed E-state index contributed by atoms with van der Waals surface area (Å²) >= 11 is 0. The summed E-state index contributed by atoms with van der Waals surface area (Å²) in [6.07, 6.45) is 3.08. The van der Waals surface area contributed by atoms with Crippen LogP contribution in [0.5, 0.6) is 5.75 Å². The van der Waals surface area contributed by atoms with Crippen molar-refractivity contribution in [2.45, 2.75) is 70.7 Å². The van der Waals surface area contributed by atoms with Crippen LogP contribution < -0.4 is 4.74 Å². The number of hydrogen-bond donors (Lipinski definition) is 0. The number of aryl methyl sites for hydroxylation is 1. The van der Waals surface area contributed by atoms with E-state index in [1.807, 2.05) is 12.1 Å². The Labute approximate surface area is 235 Å². The zero-order valence-corrected chi connectivity index (χ0v) is 23.1. The van der Waals surface area contributed by atoms with Crippen LogP contribution in [0.4, 0.5) is 0 Å². The van der Waals surface area contributed by atoms with Crippen molar-refractivity contribution >= 4 is 17.5 Å². The van der Waals surface area contributed by atoms with E-state index in [9.17, 15) is 14.4 Å². The average molecular weight is 537 g/mol. The fraction of sp³-hybridized carbons (Fsp3) is 0.382. The molecule has 0 radical (unpaired) electrons. The van der Waals surface area contributed by atoms with Gasteiger partial charge in [-0.25, -0.2) is 0 Å². The second-order valence-corrected chi connectivity index (χ2v) is 11.5. The molecule has 2 fully saturated rings. The first-order chi connectivity index (χ1) is 19.4. The number of piperidine rings is 1. The van der Waals surface area contributed by atoms with Gasteiger partial charge >= 0.3 is 0 Å². The molecule has 0 N–H and O–H groups in total. The number of likely N-dealkylation sites (tertiary alicyclic amines) is 1. The molecule has 6 rings (SSSR count). The van der Waals surface area contributed by atoms with Gasteiger partial charge in [0.15, 0.2) is 5.78 Å². The topological polar surface area (TPSA) is 66.9 Å². The number of carbonyl (C=O) groups excluding carboxylic acids is 3. The third-order valence-electron chi connectivity index (χ3n) is 8.73. The Bertz CT molecular complexity index is 1400. The number of hydrogen-bond acceptors (Lipinski definition) is 5. The van der Waals surface area contributed by atoms with Crippen molar-refractivity contribution in [1.82, 2.24) is 9.80 Å². The fourth-order valence-electron chi connectivity index (χ4n) is 6.33. The Hall–Kier alpha value is -3.77. The van der Waals surface area contributed by atoms with Crippen molar-refractivity contribution in [2.24, 2.45) is 0 Å². The van der Waals surface area contributed by atoms with Gasteiger partial charge in [-0.05, 0) is 74.0 Å². The number of fused-ring (bicyclic) bond motifs is 1. The minimum Gasteiger partial charge on any atom is -0.489 e. The molecule has 1 amide bonds. The molecule has 0 aromatic heterocycles. The molecule has 3 aromatic rings. The number of amides is 1. The molecule has 2 heterocycles. The van der Waals surface area contributed by atoms with E-state index in [4.69, 9.17) is 4.74 Å². The van der Waals surface area contributed by atoms with Crippen LogP contribution in [-0.2, 0) is 29.3 Å². The van der Waals surface area contributed by atoms with E-state index in [1.54, 1.807) is 11.0 Å². The van der Waals surface area contributed by atoms with Crippen molar-refractivity contribution in [3.63, 3.8) is 0 Å². The van der Waals surface area contributed by atoms with Gasteiger partial charge in [-0.1, -0.05) is 60.2 Å². The van der Waals surface area contributed by atoms with E-state index in [0.29, 0.717) is 43.2 Å². The highest BCUT2D eigenvalue weighted by Gasteiger charge is 2.40. The summed E-state index contributed by atoms with van der Waals surface area (Å²) in [5.41, 5.74) is 6.56. The highest BCUT2D eigenvalue weighted by molar-refractivity contribution is 6.07. The van der Waals surface area contributed by atoms with Gasteiger partial charge in [0.2, 0.25) is 0 Å². The zero-order valence-electron chi connectivity index (χ0n) is 23.1. The summed E-state index contributed by atoms with van der Waals surface area (Å²) in [7, 11) is 0. The normalized spacial score (nSPS) is 20.2. The third kappa shape index (κ3) is 5.59. The van der Waals surface area contributed by atoms with E-state index in [1.165, 1.54) is 29.5 Å². The Morgan fingerprint density at radius 2 is 1.57 bits per heavy atom. The molecule has 40 heavy (non-hydrogen) atoms. The quantitative estimate of drug-likeness (QED) is 0.368. The van der Waals surface area contributed by atoms with Gasteiger partial charge < -0.3 is 9.64 Å². The molecule has 6 nitrogen and oxygen atoms in total. The molecule has 1 atom stereocenters. The van der Waals surface area contributed by atoms with Gasteiger partial charge in [-0.2, -0.15) is 0 Å². The largest absolute Gasteiger partial charge is 0.489 e. The average Bonchev–Trinajstić information content (AvgIpc) is 3.30. The SMILES string of the molecule is Cc1ccc(C2CCN(Cc3ccc(COc4cccc5c4CN(C4CCC(=O)CC4=O)C5=O)cc3)CC2)cc1. The lowest BCUT2D eigenvalue weighted by molar-refractivity contribution is -0.133. The number of ether oxygens (including phenoxy) is 1. The van der Waals surface area contributed by atoms with Crippen LogP contribution in [0.2, 0.25) is 0 Å². The second kappa shape index (κ2) is 11.4. The molecule has 1 unspecified atom stereocenters. The molecule has 206 valence electrons. The molecule has 3 aromatic carbocycles. The van der Waals surface area contributed by atoms with Crippen LogP contribution in [0.3, 0.4) is 0 Å². The van der Waals surface area contributed by atoms with Crippen LogP contribution in [0.1, 0.15) is 76.2 Å². The first-order valence-corrected chi connectivity index (χ1v) is 14.4. The van der Waals surface area contributed by atoms with Gasteiger partial charge in [0, 0.05) is 24.1 Å². The summed E-state index contributed by atoms with van der Waals surface area (Å²) in [6, 6.07) is 22.6. The Morgan fingerprint density at radius 3 is 2.30 bits per heavy atom. The molecule has 0 bridgehead atoms. The number of nitrogens with zero attached hydrogens (tertiary/aromatic N) is 2. The van der Waals surface area contributed by atoms with Gasteiger partial charge in [-0.15, -0.1) is 0 Å². The number of benzene rings is 3. The van der Waals surface area contributed by atoms with E-state index in [2.05, 4.69) is 60.4 Å². The van der Waals surface area contributed by atoms with Crippen LogP contribution >= 0.6 is 0 Å².